The smallest absolute Gasteiger partial charge is 0.370 e. The van der Waals surface area contributed by atoms with E-state index in [1.54, 1.807) is 0 Å². The van der Waals surface area contributed by atoms with Crippen molar-refractivity contribution in [3.05, 3.63) is 151 Å². The van der Waals surface area contributed by atoms with Crippen LogP contribution in [0.3, 0.4) is 0 Å². The molecule has 1 amide bonds. The Bertz CT molecular complexity index is 1750. The second-order valence-electron chi connectivity index (χ2n) is 13.6. The first-order chi connectivity index (χ1) is 23.0. The lowest BCUT2D eigenvalue weighted by atomic mass is 9.75. The number of rotatable bonds is 8. The van der Waals surface area contributed by atoms with Gasteiger partial charge < -0.3 is 14.3 Å². The van der Waals surface area contributed by atoms with Crippen molar-refractivity contribution in [1.82, 2.24) is 5.32 Å². The number of hydrogen-bond acceptors (Lipinski definition) is 3. The Morgan fingerprint density at radius 2 is 1.26 bits per heavy atom. The molecule has 1 saturated carbocycles. The van der Waals surface area contributed by atoms with Gasteiger partial charge >= 0.3 is 8.48 Å². The number of carbonyl (C=O) groups excluding carboxylic acids is 1. The summed E-state index contributed by atoms with van der Waals surface area (Å²) in [5.74, 6) is 1.47. The quantitative estimate of drug-likeness (QED) is 0.174. The van der Waals surface area contributed by atoms with Gasteiger partial charge in [0.1, 0.15) is 6.17 Å². The maximum atomic E-state index is 13.9. The molecule has 4 atom stereocenters. The van der Waals surface area contributed by atoms with Crippen LogP contribution in [0.2, 0.25) is 0 Å². The maximum absolute atomic E-state index is 13.9. The first kappa shape index (κ1) is 31.2. The summed E-state index contributed by atoms with van der Waals surface area (Å²) in [4.78, 5) is 13.9. The number of nitrogens with zero attached hydrogens (tertiary/aromatic N) is 1. The monoisotopic (exact) mass is 636 g/mol. The molecule has 1 heterocycles. The molecule has 5 aromatic rings. The Labute approximate surface area is 280 Å². The van der Waals surface area contributed by atoms with E-state index < -0.39 is 14.6 Å². The lowest BCUT2D eigenvalue weighted by Crippen LogP contribution is -2.77. The largest absolute Gasteiger partial charge is 0.389 e. The number of benzene rings is 5. The Kier molecular flexibility index (Phi) is 8.85. The van der Waals surface area contributed by atoms with Crippen molar-refractivity contribution < 1.29 is 9.22 Å². The van der Waals surface area contributed by atoms with Crippen LogP contribution in [0.5, 0.6) is 0 Å². The van der Waals surface area contributed by atoms with Gasteiger partial charge in [0.15, 0.2) is 0 Å². The number of fused-ring (bicyclic) bond motifs is 1. The van der Waals surface area contributed by atoms with Crippen LogP contribution in [0.4, 0.5) is 5.69 Å². The van der Waals surface area contributed by atoms with E-state index in [0.29, 0.717) is 23.3 Å². The van der Waals surface area contributed by atoms with E-state index in [0.717, 1.165) is 29.7 Å². The number of hydrogen-bond donors (Lipinski definition) is 1. The molecule has 0 bridgehead atoms. The molecule has 0 unspecified atom stereocenters. The molecule has 5 aromatic carbocycles. The van der Waals surface area contributed by atoms with Crippen molar-refractivity contribution in [3.8, 4) is 11.1 Å². The molecule has 1 fully saturated rings. The molecule has 1 N–H and O–H groups in total. The normalized spacial score (nSPS) is 21.3. The SMILES string of the molecule is CC(C)[C@@H]1CC[C@@H](C)C[C@H]1O[Si](c1ccccc1)(c1ccccc1)N1c2ccccc2C(=O)N[C@H]1c1ccc(-c2ccccc2)cc1. The summed E-state index contributed by atoms with van der Waals surface area (Å²) in [6, 6.07) is 48.8. The summed E-state index contributed by atoms with van der Waals surface area (Å²) < 4.78 is 10.5. The van der Waals surface area contributed by atoms with Gasteiger partial charge in [-0.1, -0.05) is 155 Å². The second-order valence-corrected chi connectivity index (χ2v) is 16.8. The summed E-state index contributed by atoms with van der Waals surface area (Å²) in [7, 11) is -3.34. The van der Waals surface area contributed by atoms with E-state index in [1.807, 2.05) is 18.2 Å². The van der Waals surface area contributed by atoms with E-state index in [1.165, 1.54) is 22.4 Å². The van der Waals surface area contributed by atoms with Crippen molar-refractivity contribution in [3.63, 3.8) is 0 Å². The minimum absolute atomic E-state index is 0.0654. The molecular weight excluding hydrogens is 593 g/mol. The molecule has 7 rings (SSSR count). The molecule has 2 aliphatic rings. The number of carbonyl (C=O) groups is 1. The highest BCUT2D eigenvalue weighted by Gasteiger charge is 2.55. The summed E-state index contributed by atoms with van der Waals surface area (Å²) >= 11 is 0. The van der Waals surface area contributed by atoms with Crippen LogP contribution < -0.4 is 20.3 Å². The second kappa shape index (κ2) is 13.3. The summed E-state index contributed by atoms with van der Waals surface area (Å²) in [6.07, 6.45) is 3.06. The number of nitrogens with one attached hydrogen (secondary N) is 1. The van der Waals surface area contributed by atoms with E-state index in [9.17, 15) is 4.79 Å². The highest BCUT2D eigenvalue weighted by molar-refractivity contribution is 7.00. The molecule has 0 saturated heterocycles. The van der Waals surface area contributed by atoms with Gasteiger partial charge in [-0.3, -0.25) is 4.79 Å². The molecule has 4 nitrogen and oxygen atoms in total. The average Bonchev–Trinajstić information content (AvgIpc) is 3.12. The van der Waals surface area contributed by atoms with E-state index in [4.69, 9.17) is 4.43 Å². The summed E-state index contributed by atoms with van der Waals surface area (Å²) in [5.41, 5.74) is 4.93. The van der Waals surface area contributed by atoms with Crippen LogP contribution in [-0.4, -0.2) is 20.5 Å². The third-order valence-electron chi connectivity index (χ3n) is 10.2. The fourth-order valence-corrected chi connectivity index (χ4v) is 12.2. The first-order valence-electron chi connectivity index (χ1n) is 17.1. The lowest BCUT2D eigenvalue weighted by molar-refractivity contribution is 0.0408. The van der Waals surface area contributed by atoms with E-state index in [-0.39, 0.29) is 12.0 Å². The van der Waals surface area contributed by atoms with Crippen molar-refractivity contribution in [2.75, 3.05) is 4.57 Å². The van der Waals surface area contributed by atoms with E-state index >= 15 is 0 Å². The standard InChI is InChI=1S/C42H44N2O2Si/c1-30(2)37-28-23-31(3)29-40(37)46-47(35-17-9-5-10-18-35,36-19-11-6-12-20-36)44-39-22-14-13-21-38(39)42(45)43-41(44)34-26-24-33(25-27-34)32-15-7-4-8-16-32/h4-22,24-27,30-31,37,40-41H,23,28-29H2,1-3H3,(H,43,45)/t31-,37+,40-,41-/m1/s1. The molecular formula is C42H44N2O2Si. The number of amides is 1. The third-order valence-corrected chi connectivity index (χ3v) is 14.3. The topological polar surface area (TPSA) is 41.6 Å². The van der Waals surface area contributed by atoms with Crippen LogP contribution >= 0.6 is 0 Å². The highest BCUT2D eigenvalue weighted by atomic mass is 28.4. The fraction of sp³-hybridized carbons (Fsp3) is 0.262. The van der Waals surface area contributed by atoms with Gasteiger partial charge in [0.05, 0.1) is 11.7 Å². The predicted molar refractivity (Wildman–Crippen MR) is 195 cm³/mol. The van der Waals surface area contributed by atoms with Gasteiger partial charge in [-0.05, 0) is 69.8 Å². The van der Waals surface area contributed by atoms with Gasteiger partial charge in [-0.2, -0.15) is 0 Å². The average molecular weight is 637 g/mol. The maximum Gasteiger partial charge on any atom is 0.370 e. The van der Waals surface area contributed by atoms with Crippen molar-refractivity contribution in [2.24, 2.45) is 17.8 Å². The lowest BCUT2D eigenvalue weighted by Gasteiger charge is -2.52. The Morgan fingerprint density at radius 1 is 0.702 bits per heavy atom. The Morgan fingerprint density at radius 3 is 1.87 bits per heavy atom. The van der Waals surface area contributed by atoms with Crippen molar-refractivity contribution in [2.45, 2.75) is 52.3 Å². The van der Waals surface area contributed by atoms with Crippen LogP contribution in [0.1, 0.15) is 62.1 Å². The van der Waals surface area contributed by atoms with Gasteiger partial charge in [0, 0.05) is 5.69 Å². The zero-order valence-corrected chi connectivity index (χ0v) is 28.6. The van der Waals surface area contributed by atoms with Crippen LogP contribution in [0, 0.1) is 17.8 Å². The Balaban J connectivity index is 1.48. The number of para-hydroxylation sites is 1. The van der Waals surface area contributed by atoms with Crippen LogP contribution in [0.15, 0.2) is 140 Å². The molecule has 1 aliphatic heterocycles. The zero-order chi connectivity index (χ0) is 32.4. The third kappa shape index (κ3) is 5.94. The van der Waals surface area contributed by atoms with Crippen LogP contribution in [0.25, 0.3) is 11.1 Å². The summed E-state index contributed by atoms with van der Waals surface area (Å²) in [5, 5.41) is 5.81. The van der Waals surface area contributed by atoms with Gasteiger partial charge in [-0.15, -0.1) is 0 Å². The van der Waals surface area contributed by atoms with Crippen LogP contribution in [-0.2, 0) is 4.43 Å². The molecule has 5 heteroatoms. The highest BCUT2D eigenvalue weighted by Crippen LogP contribution is 2.42. The molecule has 0 radical (unpaired) electrons. The molecule has 47 heavy (non-hydrogen) atoms. The van der Waals surface area contributed by atoms with Crippen molar-refractivity contribution >= 4 is 30.4 Å². The fourth-order valence-electron chi connectivity index (χ4n) is 7.79. The predicted octanol–water partition coefficient (Wildman–Crippen LogP) is 8.34. The van der Waals surface area contributed by atoms with Gasteiger partial charge in [0.2, 0.25) is 0 Å². The van der Waals surface area contributed by atoms with E-state index in [2.05, 4.69) is 152 Å². The number of anilines is 1. The summed E-state index contributed by atoms with van der Waals surface area (Å²) in [6.45, 7) is 7.06. The first-order valence-corrected chi connectivity index (χ1v) is 18.9. The molecule has 1 aliphatic carbocycles. The Hall–Kier alpha value is -4.45. The molecule has 238 valence electrons. The minimum Gasteiger partial charge on any atom is -0.389 e. The molecule has 0 spiro atoms. The van der Waals surface area contributed by atoms with Gasteiger partial charge in [-0.25, -0.2) is 0 Å². The van der Waals surface area contributed by atoms with Gasteiger partial charge in [0.25, 0.3) is 5.91 Å². The molecule has 0 aromatic heterocycles. The zero-order valence-electron chi connectivity index (χ0n) is 27.6. The van der Waals surface area contributed by atoms with Crippen molar-refractivity contribution in [1.29, 1.82) is 0 Å². The minimum atomic E-state index is -3.34.